The summed E-state index contributed by atoms with van der Waals surface area (Å²) in [4.78, 5) is 34.4. The minimum atomic E-state index is -0.532. The fourth-order valence-corrected chi connectivity index (χ4v) is 2.99. The lowest BCUT2D eigenvalue weighted by molar-refractivity contribution is -0.113. The molecule has 0 saturated heterocycles. The molecular formula is C18H14ClFN4O2S. The zero-order valence-corrected chi connectivity index (χ0v) is 15.5. The van der Waals surface area contributed by atoms with Crippen molar-refractivity contribution in [3.8, 4) is 0 Å². The molecule has 0 radical (unpaired) electrons. The number of carbonyl (C=O) groups excluding carboxylic acids is 1. The van der Waals surface area contributed by atoms with Gasteiger partial charge < -0.3 is 5.32 Å². The predicted molar refractivity (Wildman–Crippen MR) is 103 cm³/mol. The van der Waals surface area contributed by atoms with Gasteiger partial charge in [-0.1, -0.05) is 35.5 Å². The summed E-state index contributed by atoms with van der Waals surface area (Å²) >= 11 is 6.90. The highest BCUT2D eigenvalue weighted by Gasteiger charge is 2.09. The van der Waals surface area contributed by atoms with Gasteiger partial charge in [0.2, 0.25) is 5.91 Å². The van der Waals surface area contributed by atoms with Crippen LogP contribution >= 0.6 is 23.4 Å². The minimum absolute atomic E-state index is 0.0151. The maximum Gasteiger partial charge on any atom is 0.348 e. The molecule has 0 atom stereocenters. The number of amides is 1. The summed E-state index contributed by atoms with van der Waals surface area (Å²) in [7, 11) is 0. The van der Waals surface area contributed by atoms with Gasteiger partial charge in [0, 0.05) is 17.1 Å². The number of H-pyrrole nitrogens is 1. The zero-order chi connectivity index (χ0) is 19.2. The van der Waals surface area contributed by atoms with Gasteiger partial charge in [0.15, 0.2) is 5.16 Å². The topological polar surface area (TPSA) is 87.7 Å². The smallest absolute Gasteiger partial charge is 0.325 e. The van der Waals surface area contributed by atoms with E-state index in [0.29, 0.717) is 23.0 Å². The highest BCUT2D eigenvalue weighted by atomic mass is 35.5. The Morgan fingerprint density at radius 2 is 1.81 bits per heavy atom. The van der Waals surface area contributed by atoms with E-state index in [9.17, 15) is 14.0 Å². The quantitative estimate of drug-likeness (QED) is 0.615. The first kappa shape index (κ1) is 19.1. The van der Waals surface area contributed by atoms with E-state index >= 15 is 0 Å². The molecule has 2 aromatic carbocycles. The molecule has 27 heavy (non-hydrogen) atoms. The van der Waals surface area contributed by atoms with Crippen molar-refractivity contribution in [1.29, 1.82) is 0 Å². The molecule has 1 aromatic heterocycles. The van der Waals surface area contributed by atoms with E-state index in [1.807, 2.05) is 12.1 Å². The third-order valence-corrected chi connectivity index (χ3v) is 4.52. The van der Waals surface area contributed by atoms with Crippen LogP contribution in [0.2, 0.25) is 5.02 Å². The molecular weight excluding hydrogens is 391 g/mol. The number of hydrogen-bond donors (Lipinski definition) is 2. The maximum atomic E-state index is 12.9. The number of thioether (sulfide) groups is 1. The number of benzene rings is 2. The standard InChI is InChI=1S/C18H14ClFN4O2S/c19-12-3-1-11(2-4-12)9-15-22-17(26)24-18(23-15)27-10-16(25)21-14-7-5-13(20)6-8-14/h1-8H,9-10H2,(H,21,25)(H,22,23,24,26). The van der Waals surface area contributed by atoms with Gasteiger partial charge >= 0.3 is 5.69 Å². The lowest BCUT2D eigenvalue weighted by atomic mass is 10.1. The summed E-state index contributed by atoms with van der Waals surface area (Å²) in [5, 5.41) is 3.46. The van der Waals surface area contributed by atoms with Gasteiger partial charge in [0.1, 0.15) is 11.6 Å². The second kappa shape index (κ2) is 8.79. The van der Waals surface area contributed by atoms with Gasteiger partial charge in [-0.15, -0.1) is 0 Å². The Bertz CT molecular complexity index is 993. The van der Waals surface area contributed by atoms with Crippen molar-refractivity contribution in [3.05, 3.63) is 81.2 Å². The normalized spacial score (nSPS) is 10.6. The van der Waals surface area contributed by atoms with Crippen molar-refractivity contribution in [2.45, 2.75) is 11.6 Å². The molecule has 138 valence electrons. The molecule has 3 aromatic rings. The van der Waals surface area contributed by atoms with Crippen LogP contribution in [0.4, 0.5) is 10.1 Å². The van der Waals surface area contributed by atoms with Crippen LogP contribution in [0.25, 0.3) is 0 Å². The largest absolute Gasteiger partial charge is 0.348 e. The molecule has 0 unspecified atom stereocenters. The zero-order valence-electron chi connectivity index (χ0n) is 13.9. The molecule has 0 spiro atoms. The summed E-state index contributed by atoms with van der Waals surface area (Å²) in [6, 6.07) is 12.6. The highest BCUT2D eigenvalue weighted by Crippen LogP contribution is 2.15. The van der Waals surface area contributed by atoms with Crippen molar-refractivity contribution < 1.29 is 9.18 Å². The number of halogens is 2. The van der Waals surface area contributed by atoms with Gasteiger partial charge in [-0.2, -0.15) is 4.98 Å². The first-order chi connectivity index (χ1) is 13.0. The molecule has 3 rings (SSSR count). The molecule has 6 nitrogen and oxygen atoms in total. The second-order valence-electron chi connectivity index (χ2n) is 5.53. The van der Waals surface area contributed by atoms with Crippen LogP contribution in [0, 0.1) is 5.82 Å². The van der Waals surface area contributed by atoms with Crippen molar-refractivity contribution in [3.63, 3.8) is 0 Å². The Balaban J connectivity index is 1.62. The van der Waals surface area contributed by atoms with Gasteiger partial charge in [-0.25, -0.2) is 14.2 Å². The number of nitrogens with one attached hydrogen (secondary N) is 2. The van der Waals surface area contributed by atoms with Crippen LogP contribution in [0.15, 0.2) is 58.5 Å². The van der Waals surface area contributed by atoms with E-state index in [0.717, 1.165) is 17.3 Å². The summed E-state index contributed by atoms with van der Waals surface area (Å²) in [5.74, 6) is -0.234. The molecule has 0 fully saturated rings. The number of nitrogens with zero attached hydrogens (tertiary/aromatic N) is 2. The van der Waals surface area contributed by atoms with Crippen molar-refractivity contribution in [2.24, 2.45) is 0 Å². The first-order valence-electron chi connectivity index (χ1n) is 7.88. The molecule has 2 N–H and O–H groups in total. The molecule has 9 heteroatoms. The average molecular weight is 405 g/mol. The summed E-state index contributed by atoms with van der Waals surface area (Å²) in [6.45, 7) is 0. The summed E-state index contributed by atoms with van der Waals surface area (Å²) in [6.07, 6.45) is 0.407. The Labute approximate surface area is 163 Å². The molecule has 0 saturated carbocycles. The van der Waals surface area contributed by atoms with Gasteiger partial charge in [-0.3, -0.25) is 9.78 Å². The van der Waals surface area contributed by atoms with Gasteiger partial charge in [0.05, 0.1) is 5.75 Å². The third-order valence-electron chi connectivity index (χ3n) is 3.42. The van der Waals surface area contributed by atoms with Crippen LogP contribution in [0.1, 0.15) is 11.4 Å². The van der Waals surface area contributed by atoms with Crippen molar-refractivity contribution >= 4 is 35.0 Å². The molecule has 0 aliphatic rings. The Hall–Kier alpha value is -2.71. The number of anilines is 1. The molecule has 0 aliphatic heterocycles. The summed E-state index contributed by atoms with van der Waals surface area (Å²) in [5.41, 5.74) is 0.881. The van der Waals surface area contributed by atoms with Crippen LogP contribution in [0.3, 0.4) is 0 Å². The first-order valence-corrected chi connectivity index (χ1v) is 9.24. The van der Waals surface area contributed by atoms with Crippen LogP contribution in [-0.2, 0) is 11.2 Å². The second-order valence-corrected chi connectivity index (χ2v) is 6.91. The highest BCUT2D eigenvalue weighted by molar-refractivity contribution is 7.99. The van der Waals surface area contributed by atoms with Crippen LogP contribution in [-0.4, -0.2) is 26.6 Å². The molecule has 0 bridgehead atoms. The fraction of sp³-hybridized carbons (Fsp3) is 0.111. The van der Waals surface area contributed by atoms with E-state index in [1.54, 1.807) is 12.1 Å². The number of rotatable bonds is 6. The SMILES string of the molecule is O=C(CSc1nc(Cc2ccc(Cl)cc2)[nH]c(=O)n1)Nc1ccc(F)cc1. The third kappa shape index (κ3) is 5.90. The lowest BCUT2D eigenvalue weighted by Gasteiger charge is -2.05. The number of carbonyl (C=O) groups is 1. The van der Waals surface area contributed by atoms with Crippen LogP contribution < -0.4 is 11.0 Å². The van der Waals surface area contributed by atoms with E-state index in [4.69, 9.17) is 11.6 Å². The maximum absolute atomic E-state index is 12.9. The number of aromatic nitrogens is 3. The lowest BCUT2D eigenvalue weighted by Crippen LogP contribution is -2.18. The van der Waals surface area contributed by atoms with Gasteiger partial charge in [-0.05, 0) is 42.0 Å². The average Bonchev–Trinajstić information content (AvgIpc) is 2.63. The number of aromatic amines is 1. The molecule has 1 amide bonds. The Morgan fingerprint density at radius 3 is 2.52 bits per heavy atom. The minimum Gasteiger partial charge on any atom is -0.325 e. The Kier molecular flexibility index (Phi) is 6.20. The van der Waals surface area contributed by atoms with E-state index < -0.39 is 5.69 Å². The Morgan fingerprint density at radius 1 is 1.11 bits per heavy atom. The summed E-state index contributed by atoms with van der Waals surface area (Å²) < 4.78 is 12.9. The molecule has 1 heterocycles. The molecule has 0 aliphatic carbocycles. The fourth-order valence-electron chi connectivity index (χ4n) is 2.21. The number of hydrogen-bond acceptors (Lipinski definition) is 5. The monoisotopic (exact) mass is 404 g/mol. The van der Waals surface area contributed by atoms with Crippen molar-refractivity contribution in [2.75, 3.05) is 11.1 Å². The van der Waals surface area contributed by atoms with Gasteiger partial charge in [0.25, 0.3) is 0 Å². The predicted octanol–water partition coefficient (Wildman–Crippen LogP) is 3.28. The van der Waals surface area contributed by atoms with Crippen LogP contribution in [0.5, 0.6) is 0 Å². The van der Waals surface area contributed by atoms with E-state index in [2.05, 4.69) is 20.3 Å². The van der Waals surface area contributed by atoms with E-state index in [1.165, 1.54) is 24.3 Å². The van der Waals surface area contributed by atoms with Crippen molar-refractivity contribution in [1.82, 2.24) is 15.0 Å². The van der Waals surface area contributed by atoms with E-state index in [-0.39, 0.29) is 22.6 Å².